The first-order chi connectivity index (χ1) is 19.0. The minimum absolute atomic E-state index is 0.0137. The number of fused-ring (bicyclic) bond motifs is 2. The SMILES string of the molecule is CC1NCc2sc(C(=O)N3CCN(S(=O)(=O)c4cc5cc(Cl)ccc5[nH]4)CC3CN3C(=O)CCC3=O)nc2C1C. The minimum atomic E-state index is -3.97. The average molecular weight is 605 g/mol. The van der Waals surface area contributed by atoms with Crippen LogP contribution < -0.4 is 5.32 Å². The number of hydrogen-bond acceptors (Lipinski definition) is 8. The van der Waals surface area contributed by atoms with E-state index in [2.05, 4.69) is 24.1 Å². The number of sulfonamides is 1. The fourth-order valence-corrected chi connectivity index (χ4v) is 8.33. The van der Waals surface area contributed by atoms with Crippen LogP contribution in [0, 0.1) is 0 Å². The van der Waals surface area contributed by atoms with Crippen molar-refractivity contribution < 1.29 is 22.8 Å². The number of halogens is 1. The summed E-state index contributed by atoms with van der Waals surface area (Å²) in [6.45, 7) is 4.80. The zero-order valence-electron chi connectivity index (χ0n) is 22.0. The van der Waals surface area contributed by atoms with E-state index < -0.39 is 16.1 Å². The maximum absolute atomic E-state index is 13.8. The number of benzene rings is 1. The Bertz CT molecular complexity index is 1620. The number of nitrogens with zero attached hydrogens (tertiary/aromatic N) is 4. The lowest BCUT2D eigenvalue weighted by Crippen LogP contribution is -2.60. The maximum atomic E-state index is 13.8. The number of carbonyl (C=O) groups excluding carboxylic acids is 3. The Hall–Kier alpha value is -2.84. The fraction of sp³-hybridized carbons (Fsp3) is 0.462. The number of likely N-dealkylation sites (tertiary alicyclic amines) is 1. The van der Waals surface area contributed by atoms with E-state index in [4.69, 9.17) is 16.6 Å². The average Bonchev–Trinajstić information content (AvgIpc) is 3.64. The number of hydrogen-bond donors (Lipinski definition) is 2. The molecule has 11 nitrogen and oxygen atoms in total. The molecule has 3 aromatic rings. The summed E-state index contributed by atoms with van der Waals surface area (Å²) in [7, 11) is -3.97. The van der Waals surface area contributed by atoms with Gasteiger partial charge in [0.05, 0.1) is 18.3 Å². The van der Waals surface area contributed by atoms with E-state index in [-0.39, 0.29) is 73.7 Å². The molecule has 3 aliphatic heterocycles. The minimum Gasteiger partial charge on any atom is -0.345 e. The van der Waals surface area contributed by atoms with Crippen LogP contribution in [-0.4, -0.2) is 88.5 Å². The van der Waals surface area contributed by atoms with Gasteiger partial charge in [-0.2, -0.15) is 4.31 Å². The Kier molecular flexibility index (Phi) is 6.98. The van der Waals surface area contributed by atoms with Crippen molar-refractivity contribution in [3.8, 4) is 0 Å². The van der Waals surface area contributed by atoms with Crippen LogP contribution in [0.4, 0.5) is 0 Å². The predicted octanol–water partition coefficient (Wildman–Crippen LogP) is 2.54. The van der Waals surface area contributed by atoms with Crippen molar-refractivity contribution >= 4 is 61.6 Å². The molecule has 3 aliphatic rings. The molecule has 212 valence electrons. The molecule has 3 atom stereocenters. The maximum Gasteiger partial charge on any atom is 0.283 e. The zero-order chi connectivity index (χ0) is 28.3. The molecular formula is C26H29ClN6O5S2. The number of H-pyrrole nitrogens is 1. The third-order valence-electron chi connectivity index (χ3n) is 8.11. The van der Waals surface area contributed by atoms with Crippen molar-refractivity contribution in [2.75, 3.05) is 26.2 Å². The highest BCUT2D eigenvalue weighted by atomic mass is 35.5. The van der Waals surface area contributed by atoms with E-state index in [0.29, 0.717) is 27.5 Å². The van der Waals surface area contributed by atoms with Crippen molar-refractivity contribution in [1.29, 1.82) is 0 Å². The molecule has 0 spiro atoms. The quantitative estimate of drug-likeness (QED) is 0.427. The number of aromatic amines is 1. The summed E-state index contributed by atoms with van der Waals surface area (Å²) in [5, 5.41) is 4.92. The molecular weight excluding hydrogens is 576 g/mol. The molecule has 2 fully saturated rings. The van der Waals surface area contributed by atoms with E-state index in [1.807, 2.05) is 0 Å². The molecule has 14 heteroatoms. The lowest BCUT2D eigenvalue weighted by molar-refractivity contribution is -0.139. The molecule has 6 rings (SSSR count). The van der Waals surface area contributed by atoms with Crippen LogP contribution in [0.3, 0.4) is 0 Å². The number of aromatic nitrogens is 2. The molecule has 1 aromatic carbocycles. The first-order valence-corrected chi connectivity index (χ1v) is 15.8. The second kappa shape index (κ2) is 10.2. The van der Waals surface area contributed by atoms with Crippen molar-refractivity contribution in [3.63, 3.8) is 0 Å². The Morgan fingerprint density at radius 2 is 1.90 bits per heavy atom. The van der Waals surface area contributed by atoms with E-state index in [9.17, 15) is 22.8 Å². The van der Waals surface area contributed by atoms with Gasteiger partial charge >= 0.3 is 0 Å². The van der Waals surface area contributed by atoms with E-state index in [0.717, 1.165) is 15.5 Å². The van der Waals surface area contributed by atoms with Crippen LogP contribution >= 0.6 is 22.9 Å². The largest absolute Gasteiger partial charge is 0.345 e. The van der Waals surface area contributed by atoms with Crippen molar-refractivity contribution in [1.82, 2.24) is 29.4 Å². The summed E-state index contributed by atoms with van der Waals surface area (Å²) in [4.78, 5) is 50.1. The third kappa shape index (κ3) is 4.73. The standard InChI is InChI=1S/C26H29ClN6O5S2/c1-14-15(2)28-11-20-24(14)30-25(39-20)26(36)32-8-7-31(12-18(32)13-33-22(34)5-6-23(33)35)40(37,38)21-10-16-9-17(27)3-4-19(16)29-21/h3-4,9-10,14-15,18,28-29H,5-8,11-13H2,1-2H3. The van der Waals surface area contributed by atoms with Crippen molar-refractivity contribution in [2.45, 2.75) is 56.3 Å². The van der Waals surface area contributed by atoms with E-state index in [1.165, 1.54) is 21.7 Å². The monoisotopic (exact) mass is 604 g/mol. The van der Waals surface area contributed by atoms with Gasteiger partial charge in [-0.3, -0.25) is 19.3 Å². The molecule has 0 saturated carbocycles. The molecule has 2 N–H and O–H groups in total. The van der Waals surface area contributed by atoms with Crippen LogP contribution in [0.15, 0.2) is 29.3 Å². The highest BCUT2D eigenvalue weighted by Crippen LogP contribution is 2.33. The molecule has 0 bridgehead atoms. The number of amides is 3. The van der Waals surface area contributed by atoms with Crippen molar-refractivity contribution in [3.05, 3.63) is 44.9 Å². The fourth-order valence-electron chi connectivity index (χ4n) is 5.59. The summed E-state index contributed by atoms with van der Waals surface area (Å²) in [6.07, 6.45) is 0.225. The van der Waals surface area contributed by atoms with Crippen LogP contribution in [0.1, 0.15) is 53.0 Å². The molecule has 0 radical (unpaired) electrons. The Morgan fingerprint density at radius 3 is 2.65 bits per heavy atom. The Labute approximate surface area is 240 Å². The summed E-state index contributed by atoms with van der Waals surface area (Å²) in [5.74, 6) is -0.807. The normalized spacial score (nSPS) is 24.2. The number of piperazine rings is 1. The first kappa shape index (κ1) is 27.3. The van der Waals surface area contributed by atoms with Crippen LogP contribution in [0.5, 0.6) is 0 Å². The second-order valence-electron chi connectivity index (χ2n) is 10.6. The smallest absolute Gasteiger partial charge is 0.283 e. The van der Waals surface area contributed by atoms with Crippen LogP contribution in [0.25, 0.3) is 10.9 Å². The topological polar surface area (TPSA) is 136 Å². The molecule has 0 aliphatic carbocycles. The van der Waals surface area contributed by atoms with Crippen LogP contribution in [-0.2, 0) is 26.2 Å². The van der Waals surface area contributed by atoms with Gasteiger partial charge in [0, 0.05) is 71.8 Å². The zero-order valence-corrected chi connectivity index (χ0v) is 24.4. The molecule has 5 heterocycles. The summed E-state index contributed by atoms with van der Waals surface area (Å²) >= 11 is 7.42. The number of nitrogens with one attached hydrogen (secondary N) is 2. The summed E-state index contributed by atoms with van der Waals surface area (Å²) in [6, 6.07) is 6.11. The van der Waals surface area contributed by atoms with E-state index >= 15 is 0 Å². The Morgan fingerprint density at radius 1 is 1.15 bits per heavy atom. The van der Waals surface area contributed by atoms with Gasteiger partial charge < -0.3 is 15.2 Å². The number of carbonyl (C=O) groups is 3. The summed E-state index contributed by atoms with van der Waals surface area (Å²) in [5.41, 5.74) is 1.54. The molecule has 3 unspecified atom stereocenters. The van der Waals surface area contributed by atoms with Gasteiger partial charge in [0.2, 0.25) is 11.8 Å². The van der Waals surface area contributed by atoms with Gasteiger partial charge in [-0.05, 0) is 31.2 Å². The van der Waals surface area contributed by atoms with Gasteiger partial charge in [0.25, 0.3) is 15.9 Å². The second-order valence-corrected chi connectivity index (χ2v) is 14.0. The number of rotatable bonds is 5. The summed E-state index contributed by atoms with van der Waals surface area (Å²) < 4.78 is 28.7. The lowest BCUT2D eigenvalue weighted by Gasteiger charge is -2.41. The Balaban J connectivity index is 1.30. The number of thiazole rings is 1. The van der Waals surface area contributed by atoms with Gasteiger partial charge in [0.15, 0.2) is 5.01 Å². The third-order valence-corrected chi connectivity index (χ3v) is 11.2. The number of imide groups is 1. The molecule has 2 aromatic heterocycles. The lowest BCUT2D eigenvalue weighted by atomic mass is 9.95. The predicted molar refractivity (Wildman–Crippen MR) is 150 cm³/mol. The molecule has 3 amide bonds. The molecule has 40 heavy (non-hydrogen) atoms. The van der Waals surface area contributed by atoms with E-state index in [1.54, 1.807) is 23.1 Å². The van der Waals surface area contributed by atoms with Gasteiger partial charge in [-0.15, -0.1) is 11.3 Å². The first-order valence-electron chi connectivity index (χ1n) is 13.2. The molecule has 2 saturated heterocycles. The van der Waals surface area contributed by atoms with Gasteiger partial charge in [-0.1, -0.05) is 18.5 Å². The highest BCUT2D eigenvalue weighted by molar-refractivity contribution is 7.89. The van der Waals surface area contributed by atoms with Gasteiger partial charge in [0.1, 0.15) is 5.03 Å². The van der Waals surface area contributed by atoms with Crippen molar-refractivity contribution in [2.24, 2.45) is 0 Å². The van der Waals surface area contributed by atoms with Gasteiger partial charge in [-0.25, -0.2) is 13.4 Å². The van der Waals surface area contributed by atoms with Crippen LogP contribution in [0.2, 0.25) is 5.02 Å². The highest BCUT2D eigenvalue weighted by Gasteiger charge is 2.42.